The lowest BCUT2D eigenvalue weighted by Crippen LogP contribution is -2.11. The third-order valence-electron chi connectivity index (χ3n) is 1.98. The Hall–Kier alpha value is -1.61. The highest BCUT2D eigenvalue weighted by Gasteiger charge is 2.03. The Morgan fingerprint density at radius 1 is 1.36 bits per heavy atom. The Bertz CT molecular complexity index is 560. The number of rotatable bonds is 1. The fraction of sp³-hybridized carbons (Fsp3) is 0. The molecule has 4 heteroatoms. The molecule has 2 rings (SSSR count). The maximum Gasteiger partial charge on any atom is 0.259 e. The van der Waals surface area contributed by atoms with E-state index in [-0.39, 0.29) is 5.56 Å². The zero-order valence-electron chi connectivity index (χ0n) is 7.08. The van der Waals surface area contributed by atoms with E-state index in [0.717, 1.165) is 5.39 Å². The zero-order chi connectivity index (χ0) is 10.1. The van der Waals surface area contributed by atoms with Crippen LogP contribution in [0.1, 0.15) is 10.4 Å². The molecule has 0 spiro atoms. The van der Waals surface area contributed by atoms with Gasteiger partial charge >= 0.3 is 0 Å². The normalized spacial score (nSPS) is 10.4. The summed E-state index contributed by atoms with van der Waals surface area (Å²) in [6.07, 6.45) is 0.527. The van der Waals surface area contributed by atoms with Gasteiger partial charge in [0, 0.05) is 5.39 Å². The van der Waals surface area contributed by atoms with Crippen LogP contribution in [0.25, 0.3) is 10.9 Å². The molecule has 0 unspecified atom stereocenters. The van der Waals surface area contributed by atoms with E-state index < -0.39 is 5.56 Å². The van der Waals surface area contributed by atoms with Gasteiger partial charge in [0.05, 0.1) is 16.1 Å². The van der Waals surface area contributed by atoms with Gasteiger partial charge in [-0.25, -0.2) is 0 Å². The van der Waals surface area contributed by atoms with Crippen molar-refractivity contribution < 1.29 is 4.79 Å². The van der Waals surface area contributed by atoms with Crippen LogP contribution in [0.2, 0.25) is 5.02 Å². The molecule has 3 nitrogen and oxygen atoms in total. The second-order valence-corrected chi connectivity index (χ2v) is 3.28. The third kappa shape index (κ3) is 1.32. The van der Waals surface area contributed by atoms with Crippen LogP contribution in [-0.4, -0.2) is 11.3 Å². The van der Waals surface area contributed by atoms with Gasteiger partial charge in [-0.15, -0.1) is 0 Å². The van der Waals surface area contributed by atoms with Crippen molar-refractivity contribution in [3.63, 3.8) is 0 Å². The third-order valence-corrected chi connectivity index (χ3v) is 2.30. The van der Waals surface area contributed by atoms with Gasteiger partial charge in [0.15, 0.2) is 6.29 Å². The van der Waals surface area contributed by atoms with E-state index in [1.165, 1.54) is 6.07 Å². The summed E-state index contributed by atoms with van der Waals surface area (Å²) in [5.74, 6) is 0. The molecule has 0 amide bonds. The number of benzene rings is 1. The van der Waals surface area contributed by atoms with Crippen LogP contribution >= 0.6 is 11.6 Å². The van der Waals surface area contributed by atoms with Gasteiger partial charge in [-0.1, -0.05) is 23.7 Å². The number of aldehydes is 1. The fourth-order valence-corrected chi connectivity index (χ4v) is 1.53. The van der Waals surface area contributed by atoms with Crippen molar-refractivity contribution in [1.29, 1.82) is 0 Å². The van der Waals surface area contributed by atoms with E-state index in [1.807, 2.05) is 0 Å². The molecular formula is C10H6ClNO2. The van der Waals surface area contributed by atoms with Crippen molar-refractivity contribution in [1.82, 2.24) is 4.98 Å². The highest BCUT2D eigenvalue weighted by atomic mass is 35.5. The van der Waals surface area contributed by atoms with Gasteiger partial charge in [-0.2, -0.15) is 0 Å². The number of aromatic nitrogens is 1. The summed E-state index contributed by atoms with van der Waals surface area (Å²) in [5, 5.41) is 1.22. The molecule has 0 saturated carbocycles. The average molecular weight is 208 g/mol. The van der Waals surface area contributed by atoms with E-state index in [0.29, 0.717) is 16.8 Å². The van der Waals surface area contributed by atoms with Gasteiger partial charge in [-0.05, 0) is 12.1 Å². The first-order valence-corrected chi connectivity index (χ1v) is 4.37. The molecule has 2 aromatic rings. The van der Waals surface area contributed by atoms with E-state index in [2.05, 4.69) is 4.98 Å². The molecule has 0 radical (unpaired) electrons. The Morgan fingerprint density at radius 3 is 2.86 bits per heavy atom. The van der Waals surface area contributed by atoms with E-state index in [4.69, 9.17) is 11.6 Å². The van der Waals surface area contributed by atoms with E-state index in [9.17, 15) is 9.59 Å². The lowest BCUT2D eigenvalue weighted by atomic mass is 10.2. The van der Waals surface area contributed by atoms with Crippen molar-refractivity contribution in [2.45, 2.75) is 0 Å². The Kier molecular flexibility index (Phi) is 2.09. The monoisotopic (exact) mass is 207 g/mol. The summed E-state index contributed by atoms with van der Waals surface area (Å²) in [4.78, 5) is 24.3. The Labute approximate surface area is 84.3 Å². The molecule has 1 aromatic heterocycles. The van der Waals surface area contributed by atoms with Crippen molar-refractivity contribution >= 4 is 28.8 Å². The number of H-pyrrole nitrogens is 1. The predicted molar refractivity (Wildman–Crippen MR) is 55.0 cm³/mol. The number of pyridine rings is 1. The van der Waals surface area contributed by atoms with Gasteiger partial charge < -0.3 is 4.98 Å². The lowest BCUT2D eigenvalue weighted by Gasteiger charge is -1.99. The number of carbonyl (C=O) groups is 1. The topological polar surface area (TPSA) is 49.9 Å². The maximum atomic E-state index is 11.3. The van der Waals surface area contributed by atoms with Crippen molar-refractivity contribution in [2.24, 2.45) is 0 Å². The molecule has 0 atom stereocenters. The maximum absolute atomic E-state index is 11.3. The summed E-state index contributed by atoms with van der Waals surface area (Å²) < 4.78 is 0. The first-order chi connectivity index (χ1) is 6.72. The summed E-state index contributed by atoms with van der Waals surface area (Å²) in [6.45, 7) is 0. The lowest BCUT2D eigenvalue weighted by molar-refractivity contribution is 0.112. The SMILES string of the molecule is O=Cc1cc2cccc(Cl)c2[nH]c1=O. The van der Waals surface area contributed by atoms with Gasteiger partial charge in [0.25, 0.3) is 5.56 Å². The summed E-state index contributed by atoms with van der Waals surface area (Å²) in [7, 11) is 0. The van der Waals surface area contributed by atoms with Crippen LogP contribution in [0.4, 0.5) is 0 Å². The second-order valence-electron chi connectivity index (χ2n) is 2.88. The average Bonchev–Trinajstić information content (AvgIpc) is 2.19. The summed E-state index contributed by atoms with van der Waals surface area (Å²) in [6, 6.07) is 6.75. The number of hydrogen-bond donors (Lipinski definition) is 1. The zero-order valence-corrected chi connectivity index (χ0v) is 7.84. The molecule has 0 bridgehead atoms. The first-order valence-electron chi connectivity index (χ1n) is 3.99. The molecule has 0 aliphatic carbocycles. The number of hydrogen-bond acceptors (Lipinski definition) is 2. The Balaban J connectivity index is 2.93. The number of fused-ring (bicyclic) bond motifs is 1. The van der Waals surface area contributed by atoms with Gasteiger partial charge in [0.1, 0.15) is 0 Å². The number of nitrogens with one attached hydrogen (secondary N) is 1. The van der Waals surface area contributed by atoms with Crippen LogP contribution in [0.15, 0.2) is 29.1 Å². The molecule has 0 fully saturated rings. The van der Waals surface area contributed by atoms with Gasteiger partial charge in [0.2, 0.25) is 0 Å². The molecule has 1 heterocycles. The van der Waals surface area contributed by atoms with Crippen molar-refractivity contribution in [3.8, 4) is 0 Å². The van der Waals surface area contributed by atoms with Crippen molar-refractivity contribution in [3.05, 3.63) is 45.2 Å². The fourth-order valence-electron chi connectivity index (χ4n) is 1.30. The minimum absolute atomic E-state index is 0.111. The summed E-state index contributed by atoms with van der Waals surface area (Å²) >= 11 is 5.87. The smallest absolute Gasteiger partial charge is 0.259 e. The van der Waals surface area contributed by atoms with Crippen LogP contribution in [0.3, 0.4) is 0 Å². The van der Waals surface area contributed by atoms with Crippen LogP contribution in [0.5, 0.6) is 0 Å². The molecule has 14 heavy (non-hydrogen) atoms. The van der Waals surface area contributed by atoms with Crippen molar-refractivity contribution in [2.75, 3.05) is 0 Å². The van der Waals surface area contributed by atoms with Crippen LogP contribution in [0, 0.1) is 0 Å². The summed E-state index contributed by atoms with van der Waals surface area (Å²) in [5.41, 5.74) is 0.255. The second kappa shape index (κ2) is 3.27. The molecule has 70 valence electrons. The Morgan fingerprint density at radius 2 is 2.14 bits per heavy atom. The molecule has 0 aliphatic heterocycles. The molecular weight excluding hydrogens is 202 g/mol. The van der Waals surface area contributed by atoms with Crippen LogP contribution in [-0.2, 0) is 0 Å². The molecule has 1 aromatic carbocycles. The highest BCUT2D eigenvalue weighted by molar-refractivity contribution is 6.35. The number of carbonyl (C=O) groups excluding carboxylic acids is 1. The molecule has 0 aliphatic rings. The van der Waals surface area contributed by atoms with E-state index in [1.54, 1.807) is 18.2 Å². The van der Waals surface area contributed by atoms with Crippen LogP contribution < -0.4 is 5.56 Å². The number of para-hydroxylation sites is 1. The van der Waals surface area contributed by atoms with E-state index >= 15 is 0 Å². The quantitative estimate of drug-likeness (QED) is 0.727. The molecule has 1 N–H and O–H groups in total. The highest BCUT2D eigenvalue weighted by Crippen LogP contribution is 2.19. The minimum atomic E-state index is -0.416. The number of halogens is 1. The standard InChI is InChI=1S/C10H6ClNO2/c11-8-3-1-2-6-4-7(5-13)10(14)12-9(6)8/h1-5H,(H,12,14). The minimum Gasteiger partial charge on any atom is -0.320 e. The first kappa shape index (κ1) is 8.97. The van der Waals surface area contributed by atoms with Gasteiger partial charge in [-0.3, -0.25) is 9.59 Å². The predicted octanol–water partition coefficient (Wildman–Crippen LogP) is 1.99. The number of aromatic amines is 1. The largest absolute Gasteiger partial charge is 0.320 e. The molecule has 0 saturated heterocycles.